The van der Waals surface area contributed by atoms with Gasteiger partial charge in [-0.3, -0.25) is 0 Å². The Kier molecular flexibility index (Phi) is 7.20. The van der Waals surface area contributed by atoms with Crippen LogP contribution in [0, 0.1) is 5.82 Å². The van der Waals surface area contributed by atoms with Gasteiger partial charge in [0.05, 0.1) is 18.3 Å². The first-order valence-corrected chi connectivity index (χ1v) is 13.5. The lowest BCUT2D eigenvalue weighted by Gasteiger charge is -2.32. The molecule has 1 fully saturated rings. The van der Waals surface area contributed by atoms with Crippen molar-refractivity contribution in [2.75, 3.05) is 20.5 Å². The van der Waals surface area contributed by atoms with Crippen molar-refractivity contribution in [3.05, 3.63) is 23.5 Å². The van der Waals surface area contributed by atoms with Crippen LogP contribution >= 0.6 is 0 Å². The summed E-state index contributed by atoms with van der Waals surface area (Å²) in [6.45, 7) is 14.7. The van der Waals surface area contributed by atoms with E-state index < -0.39 is 38.2 Å². The van der Waals surface area contributed by atoms with Crippen molar-refractivity contribution < 1.29 is 32.7 Å². The smallest absolute Gasteiger partial charge is 0.467 e. The van der Waals surface area contributed by atoms with Gasteiger partial charge in [-0.25, -0.2) is 9.18 Å². The van der Waals surface area contributed by atoms with Crippen molar-refractivity contribution >= 4 is 26.6 Å². The number of hydrogen-bond donors (Lipinski definition) is 0. The highest BCUT2D eigenvalue weighted by Gasteiger charge is 2.52. The van der Waals surface area contributed by atoms with E-state index >= 15 is 0 Å². The summed E-state index contributed by atoms with van der Waals surface area (Å²) in [5, 5.41) is 0. The molecule has 1 aromatic carbocycles. The molecule has 1 aliphatic heterocycles. The molecule has 0 amide bonds. The second-order valence-corrected chi connectivity index (χ2v) is 15.1. The summed E-state index contributed by atoms with van der Waals surface area (Å²) in [6.07, 6.45) is 0. The first-order chi connectivity index (χ1) is 13.3. The Balaban J connectivity index is 2.20. The maximum Gasteiger partial charge on any atom is 0.497 e. The highest BCUT2D eigenvalue weighted by atomic mass is 28.3. The molecule has 0 atom stereocenters. The molecule has 0 N–H and O–H groups in total. The Morgan fingerprint density at radius 2 is 1.72 bits per heavy atom. The fourth-order valence-electron chi connectivity index (χ4n) is 2.65. The predicted molar refractivity (Wildman–Crippen MR) is 113 cm³/mol. The molecule has 1 heterocycles. The van der Waals surface area contributed by atoms with Crippen molar-refractivity contribution in [1.82, 2.24) is 0 Å². The quantitative estimate of drug-likeness (QED) is 0.274. The van der Waals surface area contributed by atoms with Crippen molar-refractivity contribution in [2.45, 2.75) is 64.6 Å². The lowest BCUT2D eigenvalue weighted by Crippen LogP contribution is -2.41. The summed E-state index contributed by atoms with van der Waals surface area (Å²) >= 11 is 0. The molecular formula is C20H32BFO6Si. The van der Waals surface area contributed by atoms with E-state index in [2.05, 4.69) is 19.6 Å². The second-order valence-electron chi connectivity index (χ2n) is 9.43. The molecule has 9 heteroatoms. The molecule has 2 rings (SSSR count). The largest absolute Gasteiger partial charge is 0.497 e. The van der Waals surface area contributed by atoms with Crippen LogP contribution in [0.25, 0.3) is 0 Å². The predicted octanol–water partition coefficient (Wildman–Crippen LogP) is 3.60. The molecular weight excluding hydrogens is 394 g/mol. The number of rotatable bonds is 8. The van der Waals surface area contributed by atoms with Crippen LogP contribution in [0.2, 0.25) is 25.7 Å². The van der Waals surface area contributed by atoms with Crippen LogP contribution in [-0.2, 0) is 18.8 Å². The Morgan fingerprint density at radius 1 is 1.14 bits per heavy atom. The average Bonchev–Trinajstić information content (AvgIpc) is 2.80. The van der Waals surface area contributed by atoms with E-state index in [1.807, 2.05) is 27.7 Å². The first-order valence-electron chi connectivity index (χ1n) is 9.75. The molecule has 1 aliphatic rings. The van der Waals surface area contributed by atoms with Crippen LogP contribution in [0.1, 0.15) is 38.1 Å². The van der Waals surface area contributed by atoms with E-state index in [0.717, 1.165) is 12.1 Å². The number of esters is 1. The van der Waals surface area contributed by atoms with Crippen LogP contribution in [-0.4, -0.2) is 52.9 Å². The monoisotopic (exact) mass is 426 g/mol. The number of carbonyl (C=O) groups is 1. The molecule has 0 saturated carbocycles. The Labute approximate surface area is 174 Å². The van der Waals surface area contributed by atoms with Crippen LogP contribution < -0.4 is 10.2 Å². The standard InChI is InChI=1S/C20H32BFO6Si/c1-19(2)20(3,4)28-21(27-19)15-11-14(18(23)24-5)17(12-16(15)22)26-13-25-9-10-29(6,7)8/h11-12H,9-10,13H2,1-8H3. The number of methoxy groups -OCH3 is 1. The Bertz CT molecular complexity index is 731. The van der Waals surface area contributed by atoms with E-state index in [1.54, 1.807) is 0 Å². The van der Waals surface area contributed by atoms with Gasteiger partial charge >= 0.3 is 13.1 Å². The maximum absolute atomic E-state index is 14.9. The molecule has 6 nitrogen and oxygen atoms in total. The third kappa shape index (κ3) is 5.81. The maximum atomic E-state index is 14.9. The minimum absolute atomic E-state index is 0.0580. The van der Waals surface area contributed by atoms with Crippen LogP contribution in [0.4, 0.5) is 4.39 Å². The summed E-state index contributed by atoms with van der Waals surface area (Å²) in [4.78, 5) is 12.2. The molecule has 0 unspecified atom stereocenters. The zero-order chi connectivity index (χ0) is 22.0. The fourth-order valence-corrected chi connectivity index (χ4v) is 3.41. The van der Waals surface area contributed by atoms with Gasteiger partial charge in [-0.15, -0.1) is 0 Å². The first kappa shape index (κ1) is 23.9. The molecule has 0 bridgehead atoms. The van der Waals surface area contributed by atoms with Crippen LogP contribution in [0.15, 0.2) is 12.1 Å². The summed E-state index contributed by atoms with van der Waals surface area (Å²) in [6, 6.07) is 3.49. The number of hydrogen-bond acceptors (Lipinski definition) is 6. The van der Waals surface area contributed by atoms with Gasteiger partial charge in [-0.1, -0.05) is 19.6 Å². The summed E-state index contributed by atoms with van der Waals surface area (Å²) in [5.41, 5.74) is -1.05. The molecule has 0 radical (unpaired) electrons. The second kappa shape index (κ2) is 8.75. The van der Waals surface area contributed by atoms with Crippen molar-refractivity contribution in [1.29, 1.82) is 0 Å². The molecule has 29 heavy (non-hydrogen) atoms. The third-order valence-corrected chi connectivity index (χ3v) is 7.01. The van der Waals surface area contributed by atoms with Crippen LogP contribution in [0.3, 0.4) is 0 Å². The van der Waals surface area contributed by atoms with Crippen molar-refractivity contribution in [3.63, 3.8) is 0 Å². The molecule has 0 aliphatic carbocycles. The molecule has 0 aromatic heterocycles. The lowest BCUT2D eigenvalue weighted by molar-refractivity contribution is 0.00578. The van der Waals surface area contributed by atoms with Gasteiger partial charge in [-0.2, -0.15) is 0 Å². The molecule has 1 aromatic rings. The number of ether oxygens (including phenoxy) is 3. The topological polar surface area (TPSA) is 63.2 Å². The van der Waals surface area contributed by atoms with E-state index in [9.17, 15) is 9.18 Å². The Morgan fingerprint density at radius 3 is 2.24 bits per heavy atom. The van der Waals surface area contributed by atoms with Crippen molar-refractivity contribution in [3.8, 4) is 5.75 Å². The normalized spacial score (nSPS) is 18.0. The molecule has 0 spiro atoms. The van der Waals surface area contributed by atoms with Crippen LogP contribution in [0.5, 0.6) is 5.75 Å². The average molecular weight is 426 g/mol. The third-order valence-electron chi connectivity index (χ3n) is 5.31. The van der Waals surface area contributed by atoms with Gasteiger partial charge in [0.15, 0.2) is 6.79 Å². The zero-order valence-electron chi connectivity index (χ0n) is 18.7. The number of halogens is 1. The summed E-state index contributed by atoms with van der Waals surface area (Å²) in [7, 11) is -0.900. The molecule has 1 saturated heterocycles. The fraction of sp³-hybridized carbons (Fsp3) is 0.650. The van der Waals surface area contributed by atoms with E-state index in [0.29, 0.717) is 6.61 Å². The minimum atomic E-state index is -1.22. The highest BCUT2D eigenvalue weighted by molar-refractivity contribution is 6.76. The minimum Gasteiger partial charge on any atom is -0.467 e. The summed E-state index contributed by atoms with van der Waals surface area (Å²) in [5.74, 6) is -1.17. The Hall–Kier alpha value is -1.42. The highest BCUT2D eigenvalue weighted by Crippen LogP contribution is 2.37. The molecule has 162 valence electrons. The van der Waals surface area contributed by atoms with Gasteiger partial charge < -0.3 is 23.5 Å². The van der Waals surface area contributed by atoms with E-state index in [1.165, 1.54) is 13.2 Å². The van der Waals surface area contributed by atoms with Crippen molar-refractivity contribution in [2.24, 2.45) is 0 Å². The van der Waals surface area contributed by atoms with E-state index in [-0.39, 0.29) is 23.6 Å². The van der Waals surface area contributed by atoms with Gasteiger partial charge in [0.2, 0.25) is 0 Å². The van der Waals surface area contributed by atoms with Gasteiger partial charge in [-0.05, 0) is 39.8 Å². The number of carbonyl (C=O) groups excluding carboxylic acids is 1. The zero-order valence-corrected chi connectivity index (χ0v) is 19.7. The van der Waals surface area contributed by atoms with Gasteiger partial charge in [0, 0.05) is 26.2 Å². The summed E-state index contributed by atoms with van der Waals surface area (Å²) < 4.78 is 42.5. The SMILES string of the molecule is COC(=O)c1cc(B2OC(C)(C)C(C)(C)O2)c(F)cc1OCOCC[Si](C)(C)C. The van der Waals surface area contributed by atoms with Gasteiger partial charge in [0.1, 0.15) is 17.1 Å². The lowest BCUT2D eigenvalue weighted by atomic mass is 9.77. The van der Waals surface area contributed by atoms with E-state index in [4.69, 9.17) is 23.5 Å². The van der Waals surface area contributed by atoms with Gasteiger partial charge in [0.25, 0.3) is 0 Å². The number of benzene rings is 1.